The van der Waals surface area contributed by atoms with Crippen molar-refractivity contribution in [3.63, 3.8) is 0 Å². The Morgan fingerprint density at radius 3 is 2.65 bits per heavy atom. The zero-order chi connectivity index (χ0) is 14.2. The van der Waals surface area contributed by atoms with E-state index in [-0.39, 0.29) is 5.54 Å². The predicted octanol–water partition coefficient (Wildman–Crippen LogP) is 2.86. The first-order valence-corrected chi connectivity index (χ1v) is 7.60. The summed E-state index contributed by atoms with van der Waals surface area (Å²) in [5.41, 5.74) is 2.10. The predicted molar refractivity (Wildman–Crippen MR) is 81.7 cm³/mol. The molecule has 0 aliphatic heterocycles. The van der Waals surface area contributed by atoms with Crippen LogP contribution in [0.1, 0.15) is 31.2 Å². The Morgan fingerprint density at radius 1 is 1.35 bits per heavy atom. The van der Waals surface area contributed by atoms with E-state index in [0.29, 0.717) is 12.0 Å². The fourth-order valence-corrected chi connectivity index (χ4v) is 2.95. The quantitative estimate of drug-likeness (QED) is 0.863. The molecular weight excluding hydrogens is 246 g/mol. The zero-order valence-electron chi connectivity index (χ0n) is 12.4. The Morgan fingerprint density at radius 2 is 2.10 bits per heavy atom. The van der Waals surface area contributed by atoms with Gasteiger partial charge in [0.15, 0.2) is 0 Å². The highest BCUT2D eigenvalue weighted by molar-refractivity contribution is 5.48. The lowest BCUT2D eigenvalue weighted by molar-refractivity contribution is 0.365. The molecule has 0 heterocycles. The van der Waals surface area contributed by atoms with E-state index in [0.717, 1.165) is 6.54 Å². The van der Waals surface area contributed by atoms with Gasteiger partial charge in [-0.15, -0.1) is 0 Å². The van der Waals surface area contributed by atoms with Gasteiger partial charge in [0.25, 0.3) is 0 Å². The minimum atomic E-state index is -0.361. The van der Waals surface area contributed by atoms with E-state index in [1.807, 2.05) is 0 Å². The smallest absolute Gasteiger partial charge is 0.127 e. The van der Waals surface area contributed by atoms with Gasteiger partial charge in [-0.2, -0.15) is 5.26 Å². The van der Waals surface area contributed by atoms with Crippen LogP contribution in [0.15, 0.2) is 24.3 Å². The summed E-state index contributed by atoms with van der Waals surface area (Å²) >= 11 is 0. The van der Waals surface area contributed by atoms with Crippen molar-refractivity contribution in [1.29, 1.82) is 5.26 Å². The van der Waals surface area contributed by atoms with Crippen molar-refractivity contribution in [1.82, 2.24) is 5.32 Å². The summed E-state index contributed by atoms with van der Waals surface area (Å²) in [4.78, 5) is 2.23. The van der Waals surface area contributed by atoms with Crippen LogP contribution in [0.25, 0.3) is 0 Å². The number of rotatable bonds is 6. The highest BCUT2D eigenvalue weighted by Crippen LogP contribution is 2.42. The molecule has 0 bridgehead atoms. The number of aryl methyl sites for hydroxylation is 1. The molecule has 2 aliphatic rings. The maximum absolute atomic E-state index is 9.77. The second-order valence-electron chi connectivity index (χ2n) is 6.47. The molecule has 3 nitrogen and oxygen atoms in total. The molecule has 3 rings (SSSR count). The Hall–Kier alpha value is -1.53. The van der Waals surface area contributed by atoms with Crippen LogP contribution in [0.2, 0.25) is 0 Å². The van der Waals surface area contributed by atoms with Crippen LogP contribution in [0.4, 0.5) is 5.69 Å². The molecule has 0 radical (unpaired) electrons. The third-order valence-corrected chi connectivity index (χ3v) is 4.44. The summed E-state index contributed by atoms with van der Waals surface area (Å²) in [5.74, 6) is 0.528. The van der Waals surface area contributed by atoms with Gasteiger partial charge < -0.3 is 4.90 Å². The van der Waals surface area contributed by atoms with E-state index in [9.17, 15) is 5.26 Å². The van der Waals surface area contributed by atoms with E-state index in [1.165, 1.54) is 36.9 Å². The molecular formula is C17H23N3. The number of benzene rings is 1. The Bertz CT molecular complexity index is 525. The Labute approximate surface area is 121 Å². The van der Waals surface area contributed by atoms with E-state index in [2.05, 4.69) is 54.5 Å². The van der Waals surface area contributed by atoms with Crippen LogP contribution in [-0.2, 0) is 0 Å². The van der Waals surface area contributed by atoms with Gasteiger partial charge in [-0.1, -0.05) is 12.1 Å². The molecule has 2 fully saturated rings. The fraction of sp³-hybridized carbons (Fsp3) is 0.588. The minimum absolute atomic E-state index is 0.361. The second kappa shape index (κ2) is 5.10. The number of nitrogens with zero attached hydrogens (tertiary/aromatic N) is 2. The summed E-state index contributed by atoms with van der Waals surface area (Å²) in [6, 6.07) is 11.7. The normalized spacial score (nSPS) is 21.1. The van der Waals surface area contributed by atoms with Crippen molar-refractivity contribution in [2.24, 2.45) is 5.92 Å². The van der Waals surface area contributed by atoms with Crippen molar-refractivity contribution in [2.45, 2.75) is 44.2 Å². The summed E-state index contributed by atoms with van der Waals surface area (Å²) in [5, 5.41) is 13.4. The third-order valence-electron chi connectivity index (χ3n) is 4.44. The highest BCUT2D eigenvalue weighted by Gasteiger charge is 2.48. The van der Waals surface area contributed by atoms with Crippen molar-refractivity contribution in [3.8, 4) is 6.07 Å². The SMILES string of the molecule is Cc1cccc(N(C)CC(C#N)(NC2CC2)C2CC2)c1. The van der Waals surface area contributed by atoms with Gasteiger partial charge in [0.05, 0.1) is 6.07 Å². The molecule has 0 saturated heterocycles. The zero-order valence-corrected chi connectivity index (χ0v) is 12.4. The van der Waals surface area contributed by atoms with Gasteiger partial charge in [0.2, 0.25) is 0 Å². The molecule has 20 heavy (non-hydrogen) atoms. The monoisotopic (exact) mass is 269 g/mol. The number of hydrogen-bond donors (Lipinski definition) is 1. The first-order valence-electron chi connectivity index (χ1n) is 7.60. The molecule has 0 aromatic heterocycles. The average Bonchev–Trinajstić information content (AvgIpc) is 3.30. The van der Waals surface area contributed by atoms with Crippen molar-refractivity contribution >= 4 is 5.69 Å². The number of hydrogen-bond acceptors (Lipinski definition) is 3. The molecule has 1 atom stereocenters. The van der Waals surface area contributed by atoms with Crippen molar-refractivity contribution in [2.75, 3.05) is 18.5 Å². The third kappa shape index (κ3) is 2.81. The first-order chi connectivity index (χ1) is 9.63. The van der Waals surface area contributed by atoms with Crippen LogP contribution in [-0.4, -0.2) is 25.2 Å². The number of nitriles is 1. The standard InChI is InChI=1S/C17H23N3/c1-13-4-3-5-16(10-13)20(2)12-17(11-18,14-6-7-14)19-15-8-9-15/h3-5,10,14-15,19H,6-9,12H2,1-2H3. The Kier molecular flexibility index (Phi) is 3.43. The number of nitrogens with one attached hydrogen (secondary N) is 1. The van der Waals surface area contributed by atoms with Crippen LogP contribution >= 0.6 is 0 Å². The molecule has 106 valence electrons. The maximum Gasteiger partial charge on any atom is 0.127 e. The molecule has 1 N–H and O–H groups in total. The summed E-state index contributed by atoms with van der Waals surface area (Å²) in [6.07, 6.45) is 4.83. The van der Waals surface area contributed by atoms with Gasteiger partial charge >= 0.3 is 0 Å². The topological polar surface area (TPSA) is 39.1 Å². The van der Waals surface area contributed by atoms with Gasteiger partial charge in [0.1, 0.15) is 5.54 Å². The lowest BCUT2D eigenvalue weighted by atomic mass is 9.93. The van der Waals surface area contributed by atoms with Crippen molar-refractivity contribution in [3.05, 3.63) is 29.8 Å². The van der Waals surface area contributed by atoms with Gasteiger partial charge in [-0.05, 0) is 56.2 Å². The first kappa shape index (κ1) is 13.5. The maximum atomic E-state index is 9.77. The largest absolute Gasteiger partial charge is 0.372 e. The molecule has 1 aromatic rings. The number of anilines is 1. The molecule has 0 spiro atoms. The van der Waals surface area contributed by atoms with E-state index in [1.54, 1.807) is 0 Å². The molecule has 2 saturated carbocycles. The fourth-order valence-electron chi connectivity index (χ4n) is 2.95. The molecule has 1 aromatic carbocycles. The van der Waals surface area contributed by atoms with Gasteiger partial charge in [-0.3, -0.25) is 5.32 Å². The molecule has 2 aliphatic carbocycles. The van der Waals surface area contributed by atoms with Crippen LogP contribution in [0, 0.1) is 24.2 Å². The molecule has 1 unspecified atom stereocenters. The van der Waals surface area contributed by atoms with E-state index < -0.39 is 0 Å². The lowest BCUT2D eigenvalue weighted by Gasteiger charge is -2.34. The summed E-state index contributed by atoms with van der Waals surface area (Å²) in [7, 11) is 2.10. The molecule has 3 heteroatoms. The average molecular weight is 269 g/mol. The van der Waals surface area contributed by atoms with Crippen LogP contribution in [0.5, 0.6) is 0 Å². The Balaban J connectivity index is 1.76. The number of likely N-dealkylation sites (N-methyl/N-ethyl adjacent to an activating group) is 1. The summed E-state index contributed by atoms with van der Waals surface area (Å²) in [6.45, 7) is 2.88. The second-order valence-corrected chi connectivity index (χ2v) is 6.47. The van der Waals surface area contributed by atoms with Gasteiger partial charge in [-0.25, -0.2) is 0 Å². The lowest BCUT2D eigenvalue weighted by Crippen LogP contribution is -2.54. The van der Waals surface area contributed by atoms with Crippen molar-refractivity contribution < 1.29 is 0 Å². The summed E-state index contributed by atoms with van der Waals surface area (Å²) < 4.78 is 0. The molecule has 0 amide bonds. The highest BCUT2D eigenvalue weighted by atomic mass is 15.2. The van der Waals surface area contributed by atoms with E-state index in [4.69, 9.17) is 0 Å². The minimum Gasteiger partial charge on any atom is -0.372 e. The van der Waals surface area contributed by atoms with Gasteiger partial charge in [0, 0.05) is 25.3 Å². The van der Waals surface area contributed by atoms with Crippen LogP contribution in [0.3, 0.4) is 0 Å². The van der Waals surface area contributed by atoms with E-state index >= 15 is 0 Å². The van der Waals surface area contributed by atoms with Crippen LogP contribution < -0.4 is 10.2 Å².